The summed E-state index contributed by atoms with van der Waals surface area (Å²) in [6.07, 6.45) is 1.52. The fraction of sp³-hybridized carbons (Fsp3) is 0.133. The number of nitrogens with one attached hydrogen (secondary N) is 2. The van der Waals surface area contributed by atoms with Gasteiger partial charge in [0.1, 0.15) is 5.69 Å². The molecule has 0 bridgehead atoms. The average Bonchev–Trinajstić information content (AvgIpc) is 3.08. The summed E-state index contributed by atoms with van der Waals surface area (Å²) in [6.45, 7) is 2.38. The third-order valence-corrected chi connectivity index (χ3v) is 4.57. The van der Waals surface area contributed by atoms with Crippen LogP contribution in [0.1, 0.15) is 21.7 Å². The number of benzene rings is 1. The summed E-state index contributed by atoms with van der Waals surface area (Å²) < 4.78 is 2.34. The van der Waals surface area contributed by atoms with Crippen LogP contribution in [-0.2, 0) is 6.54 Å². The van der Waals surface area contributed by atoms with E-state index in [9.17, 15) is 4.79 Å². The second kappa shape index (κ2) is 6.96. The molecule has 2 N–H and O–H groups in total. The van der Waals surface area contributed by atoms with Crippen molar-refractivity contribution in [3.8, 4) is 0 Å². The van der Waals surface area contributed by atoms with Gasteiger partial charge in [0.25, 0.3) is 5.91 Å². The molecule has 24 heavy (non-hydrogen) atoms. The molecular formula is C15H12BrCl2N5O. The minimum atomic E-state index is -0.325. The van der Waals surface area contributed by atoms with Crippen LogP contribution in [0.2, 0.25) is 10.0 Å². The largest absolute Gasteiger partial charge is 0.304 e. The molecule has 2 heterocycles. The van der Waals surface area contributed by atoms with Gasteiger partial charge < -0.3 is 5.32 Å². The Morgan fingerprint density at radius 3 is 2.83 bits per heavy atom. The number of amides is 1. The van der Waals surface area contributed by atoms with Crippen LogP contribution >= 0.6 is 39.1 Å². The zero-order chi connectivity index (χ0) is 17.3. The van der Waals surface area contributed by atoms with Gasteiger partial charge in [0, 0.05) is 21.8 Å². The highest BCUT2D eigenvalue weighted by Gasteiger charge is 2.15. The lowest BCUT2D eigenvalue weighted by molar-refractivity contribution is 0.102. The minimum absolute atomic E-state index is 0.325. The predicted octanol–water partition coefficient (Wildman–Crippen LogP) is 4.28. The van der Waals surface area contributed by atoms with Crippen LogP contribution in [0.3, 0.4) is 0 Å². The summed E-state index contributed by atoms with van der Waals surface area (Å²) in [7, 11) is 0. The molecule has 0 saturated carbocycles. The van der Waals surface area contributed by atoms with E-state index in [1.807, 2.05) is 13.0 Å². The van der Waals surface area contributed by atoms with Gasteiger partial charge in [-0.15, -0.1) is 0 Å². The van der Waals surface area contributed by atoms with E-state index in [0.29, 0.717) is 32.6 Å². The number of carbonyl (C=O) groups is 1. The van der Waals surface area contributed by atoms with Gasteiger partial charge in [0.15, 0.2) is 5.82 Å². The van der Waals surface area contributed by atoms with Crippen LogP contribution in [0.15, 0.2) is 34.9 Å². The number of carbonyl (C=O) groups excluding carboxylic acids is 1. The van der Waals surface area contributed by atoms with Crippen LogP contribution in [0.4, 0.5) is 5.82 Å². The SMILES string of the molecule is Cc1cc(NC(=O)c2[nH]ncc2Br)nn1Cc1ccc(Cl)cc1Cl. The van der Waals surface area contributed by atoms with Gasteiger partial charge >= 0.3 is 0 Å². The Morgan fingerprint density at radius 2 is 2.17 bits per heavy atom. The van der Waals surface area contributed by atoms with Crippen LogP contribution in [0, 0.1) is 6.92 Å². The van der Waals surface area contributed by atoms with Gasteiger partial charge in [-0.05, 0) is 40.5 Å². The fourth-order valence-corrected chi connectivity index (χ4v) is 2.99. The van der Waals surface area contributed by atoms with Crippen molar-refractivity contribution >= 4 is 50.9 Å². The van der Waals surface area contributed by atoms with Gasteiger partial charge in [-0.25, -0.2) is 0 Å². The number of aryl methyl sites for hydroxylation is 1. The van der Waals surface area contributed by atoms with E-state index in [2.05, 4.69) is 36.5 Å². The van der Waals surface area contributed by atoms with Crippen LogP contribution < -0.4 is 5.32 Å². The molecule has 0 unspecified atom stereocenters. The molecule has 9 heteroatoms. The minimum Gasteiger partial charge on any atom is -0.304 e. The van der Waals surface area contributed by atoms with Gasteiger partial charge in [0.05, 0.1) is 17.2 Å². The molecule has 2 aromatic heterocycles. The van der Waals surface area contributed by atoms with E-state index in [4.69, 9.17) is 23.2 Å². The number of aromatic nitrogens is 4. The lowest BCUT2D eigenvalue weighted by Gasteiger charge is -2.07. The molecule has 1 amide bonds. The number of anilines is 1. The molecule has 0 saturated heterocycles. The second-order valence-electron chi connectivity index (χ2n) is 5.11. The van der Waals surface area contributed by atoms with E-state index in [-0.39, 0.29) is 5.91 Å². The maximum absolute atomic E-state index is 12.2. The zero-order valence-corrected chi connectivity index (χ0v) is 15.6. The highest BCUT2D eigenvalue weighted by atomic mass is 79.9. The molecule has 124 valence electrons. The van der Waals surface area contributed by atoms with E-state index >= 15 is 0 Å². The van der Waals surface area contributed by atoms with Crippen molar-refractivity contribution in [1.29, 1.82) is 0 Å². The smallest absolute Gasteiger partial charge is 0.276 e. The summed E-state index contributed by atoms with van der Waals surface area (Å²) in [5, 5.41) is 14.7. The first-order valence-electron chi connectivity index (χ1n) is 6.92. The topological polar surface area (TPSA) is 75.6 Å². The molecule has 0 spiro atoms. The number of nitrogens with zero attached hydrogens (tertiary/aromatic N) is 3. The molecule has 3 rings (SSSR count). The van der Waals surface area contributed by atoms with Gasteiger partial charge in [-0.1, -0.05) is 29.3 Å². The third-order valence-electron chi connectivity index (χ3n) is 3.38. The Kier molecular flexibility index (Phi) is 4.93. The van der Waals surface area contributed by atoms with E-state index in [1.165, 1.54) is 6.20 Å². The van der Waals surface area contributed by atoms with Crippen molar-refractivity contribution in [2.75, 3.05) is 5.32 Å². The Balaban J connectivity index is 1.78. The van der Waals surface area contributed by atoms with Crippen molar-refractivity contribution < 1.29 is 4.79 Å². The molecule has 1 aromatic carbocycles. The molecule has 0 atom stereocenters. The maximum atomic E-state index is 12.2. The normalized spacial score (nSPS) is 10.8. The Labute approximate surface area is 156 Å². The summed E-state index contributed by atoms with van der Waals surface area (Å²) >= 11 is 15.4. The Bertz CT molecular complexity index is 905. The van der Waals surface area contributed by atoms with Crippen molar-refractivity contribution in [1.82, 2.24) is 20.0 Å². The lowest BCUT2D eigenvalue weighted by atomic mass is 10.2. The molecule has 0 aliphatic rings. The lowest BCUT2D eigenvalue weighted by Crippen LogP contribution is -2.14. The molecule has 0 aliphatic carbocycles. The summed E-state index contributed by atoms with van der Waals surface area (Å²) in [5.41, 5.74) is 2.12. The monoisotopic (exact) mass is 427 g/mol. The van der Waals surface area contributed by atoms with Crippen LogP contribution in [0.5, 0.6) is 0 Å². The summed E-state index contributed by atoms with van der Waals surface area (Å²) in [4.78, 5) is 12.2. The van der Waals surface area contributed by atoms with E-state index in [0.717, 1.165) is 11.3 Å². The first-order chi connectivity index (χ1) is 11.4. The zero-order valence-electron chi connectivity index (χ0n) is 12.5. The standard InChI is InChI=1S/C15H12BrCl2N5O/c1-8-4-13(20-15(24)14-11(16)6-19-21-14)22-23(8)7-9-2-3-10(17)5-12(9)18/h2-6H,7H2,1H3,(H,19,21)(H,20,22,24). The van der Waals surface area contributed by atoms with Crippen molar-refractivity contribution in [2.45, 2.75) is 13.5 Å². The molecule has 0 radical (unpaired) electrons. The van der Waals surface area contributed by atoms with Gasteiger partial charge in [-0.2, -0.15) is 10.2 Å². The molecular weight excluding hydrogens is 417 g/mol. The van der Waals surface area contributed by atoms with E-state index in [1.54, 1.807) is 22.9 Å². The third kappa shape index (κ3) is 3.63. The maximum Gasteiger partial charge on any atom is 0.276 e. The van der Waals surface area contributed by atoms with E-state index < -0.39 is 0 Å². The Morgan fingerprint density at radius 1 is 1.38 bits per heavy atom. The number of halogens is 3. The van der Waals surface area contributed by atoms with Crippen LogP contribution in [0.25, 0.3) is 0 Å². The van der Waals surface area contributed by atoms with Crippen molar-refractivity contribution in [3.63, 3.8) is 0 Å². The molecule has 0 aliphatic heterocycles. The highest BCUT2D eigenvalue weighted by molar-refractivity contribution is 9.10. The predicted molar refractivity (Wildman–Crippen MR) is 96.8 cm³/mol. The number of rotatable bonds is 4. The number of hydrogen-bond donors (Lipinski definition) is 2. The molecule has 6 nitrogen and oxygen atoms in total. The quantitative estimate of drug-likeness (QED) is 0.650. The summed E-state index contributed by atoms with van der Waals surface area (Å²) in [5.74, 6) is 0.123. The summed E-state index contributed by atoms with van der Waals surface area (Å²) in [6, 6.07) is 7.10. The average molecular weight is 429 g/mol. The van der Waals surface area contributed by atoms with Crippen molar-refractivity contribution in [3.05, 3.63) is 61.9 Å². The first-order valence-corrected chi connectivity index (χ1v) is 8.47. The number of aromatic amines is 1. The van der Waals surface area contributed by atoms with Crippen molar-refractivity contribution in [2.24, 2.45) is 0 Å². The number of hydrogen-bond acceptors (Lipinski definition) is 3. The highest BCUT2D eigenvalue weighted by Crippen LogP contribution is 2.23. The molecule has 3 aromatic rings. The van der Waals surface area contributed by atoms with Gasteiger partial charge in [0.2, 0.25) is 0 Å². The Hall–Kier alpha value is -1.83. The number of H-pyrrole nitrogens is 1. The molecule has 0 fully saturated rings. The van der Waals surface area contributed by atoms with Crippen LogP contribution in [-0.4, -0.2) is 25.9 Å². The second-order valence-corrected chi connectivity index (χ2v) is 6.81. The fourth-order valence-electron chi connectivity index (χ4n) is 2.15. The van der Waals surface area contributed by atoms with Gasteiger partial charge in [-0.3, -0.25) is 14.6 Å². The first kappa shape index (κ1) is 17.0.